The number of hydrogen-bond acceptors (Lipinski definition) is 5. The van der Waals surface area contributed by atoms with Crippen molar-refractivity contribution >= 4 is 46.0 Å². The van der Waals surface area contributed by atoms with Crippen LogP contribution in [0.4, 0.5) is 11.4 Å². The number of rotatable bonds is 5. The average Bonchev–Trinajstić information content (AvgIpc) is 3.08. The van der Waals surface area contributed by atoms with Crippen LogP contribution < -0.4 is 5.32 Å². The van der Waals surface area contributed by atoms with Crippen molar-refractivity contribution in [1.82, 2.24) is 4.90 Å². The maximum absolute atomic E-state index is 13.1. The van der Waals surface area contributed by atoms with E-state index in [4.69, 9.17) is 9.98 Å². The molecule has 7 heteroatoms. The van der Waals surface area contributed by atoms with Crippen LogP contribution in [-0.4, -0.2) is 39.0 Å². The van der Waals surface area contributed by atoms with Crippen molar-refractivity contribution in [3.63, 3.8) is 0 Å². The zero-order valence-electron chi connectivity index (χ0n) is 18.2. The van der Waals surface area contributed by atoms with Gasteiger partial charge in [-0.25, -0.2) is 9.89 Å². The van der Waals surface area contributed by atoms with Gasteiger partial charge in [0.15, 0.2) is 5.17 Å². The van der Waals surface area contributed by atoms with Crippen molar-refractivity contribution in [3.8, 4) is 0 Å². The van der Waals surface area contributed by atoms with E-state index in [0.29, 0.717) is 17.4 Å². The minimum absolute atomic E-state index is 0.0697. The normalized spacial score (nSPS) is 18.1. The van der Waals surface area contributed by atoms with Crippen LogP contribution in [0.1, 0.15) is 43.4 Å². The Balaban J connectivity index is 1.59. The highest BCUT2D eigenvalue weighted by Gasteiger charge is 2.41. The van der Waals surface area contributed by atoms with Crippen LogP contribution in [0.3, 0.4) is 0 Å². The number of carbonyl (C=O) groups is 2. The van der Waals surface area contributed by atoms with Crippen LogP contribution >= 0.6 is 11.8 Å². The SMILES string of the molecule is CCC[C@H]1N=C2c3ccccc3N=C(S[C@@H](C)C(=O)Nc3cccc(C)c3C)N2C1=O. The maximum atomic E-state index is 13.1. The van der Waals surface area contributed by atoms with Crippen LogP contribution in [0.5, 0.6) is 0 Å². The Bertz CT molecular complexity index is 1110. The van der Waals surface area contributed by atoms with E-state index in [0.717, 1.165) is 34.5 Å². The summed E-state index contributed by atoms with van der Waals surface area (Å²) in [5.74, 6) is 0.439. The molecule has 160 valence electrons. The first-order valence-corrected chi connectivity index (χ1v) is 11.4. The number of para-hydroxylation sites is 1. The van der Waals surface area contributed by atoms with Gasteiger partial charge in [0.25, 0.3) is 5.91 Å². The van der Waals surface area contributed by atoms with Crippen molar-refractivity contribution in [2.45, 2.75) is 51.8 Å². The molecule has 2 aromatic carbocycles. The molecule has 0 aliphatic carbocycles. The number of hydrogen-bond donors (Lipinski definition) is 1. The molecule has 2 aliphatic rings. The molecule has 0 spiro atoms. The smallest absolute Gasteiger partial charge is 0.259 e. The fourth-order valence-electron chi connectivity index (χ4n) is 3.68. The molecule has 0 fully saturated rings. The second kappa shape index (κ2) is 8.67. The zero-order chi connectivity index (χ0) is 22.1. The van der Waals surface area contributed by atoms with Gasteiger partial charge in [0.05, 0.1) is 10.9 Å². The first-order valence-electron chi connectivity index (χ1n) is 10.5. The van der Waals surface area contributed by atoms with Gasteiger partial charge < -0.3 is 5.32 Å². The van der Waals surface area contributed by atoms with E-state index in [1.165, 1.54) is 11.8 Å². The minimum atomic E-state index is -0.441. The van der Waals surface area contributed by atoms with Crippen molar-refractivity contribution in [2.24, 2.45) is 9.98 Å². The van der Waals surface area contributed by atoms with Gasteiger partial charge in [-0.2, -0.15) is 0 Å². The van der Waals surface area contributed by atoms with Crippen LogP contribution in [0.2, 0.25) is 0 Å². The molecule has 0 aromatic heterocycles. The summed E-state index contributed by atoms with van der Waals surface area (Å²) < 4.78 is 0. The number of nitrogens with zero attached hydrogens (tertiary/aromatic N) is 3. The highest BCUT2D eigenvalue weighted by Crippen LogP contribution is 2.35. The summed E-state index contributed by atoms with van der Waals surface area (Å²) in [7, 11) is 0. The summed E-state index contributed by atoms with van der Waals surface area (Å²) in [6, 6.07) is 13.1. The lowest BCUT2D eigenvalue weighted by Gasteiger charge is -2.27. The van der Waals surface area contributed by atoms with E-state index in [1.54, 1.807) is 4.90 Å². The molecule has 1 N–H and O–H groups in total. The van der Waals surface area contributed by atoms with E-state index < -0.39 is 11.3 Å². The van der Waals surface area contributed by atoms with Crippen LogP contribution in [0.15, 0.2) is 52.4 Å². The number of thioether (sulfide) groups is 1. The molecule has 0 radical (unpaired) electrons. The Hall–Kier alpha value is -2.93. The van der Waals surface area contributed by atoms with Crippen molar-refractivity contribution in [1.29, 1.82) is 0 Å². The summed E-state index contributed by atoms with van der Waals surface area (Å²) >= 11 is 1.28. The Labute approximate surface area is 186 Å². The molecule has 31 heavy (non-hydrogen) atoms. The van der Waals surface area contributed by atoms with Crippen LogP contribution in [0.25, 0.3) is 0 Å². The second-order valence-electron chi connectivity index (χ2n) is 7.84. The van der Waals surface area contributed by atoms with Gasteiger partial charge in [0.1, 0.15) is 11.9 Å². The summed E-state index contributed by atoms with van der Waals surface area (Å²) in [4.78, 5) is 37.0. The first-order chi connectivity index (χ1) is 14.9. The molecule has 4 rings (SSSR count). The average molecular weight is 435 g/mol. The van der Waals surface area contributed by atoms with Gasteiger partial charge in [-0.1, -0.05) is 49.4 Å². The Morgan fingerprint density at radius 3 is 2.74 bits per heavy atom. The number of benzene rings is 2. The van der Waals surface area contributed by atoms with E-state index in [-0.39, 0.29) is 11.8 Å². The predicted molar refractivity (Wildman–Crippen MR) is 127 cm³/mol. The molecule has 0 saturated carbocycles. The molecule has 0 bridgehead atoms. The lowest BCUT2D eigenvalue weighted by Crippen LogP contribution is -2.42. The van der Waals surface area contributed by atoms with Gasteiger partial charge >= 0.3 is 0 Å². The van der Waals surface area contributed by atoms with E-state index >= 15 is 0 Å². The molecule has 2 aliphatic heterocycles. The third-order valence-corrected chi connectivity index (χ3v) is 6.68. The third-order valence-electron chi connectivity index (χ3n) is 5.62. The van der Waals surface area contributed by atoms with Crippen LogP contribution in [0, 0.1) is 13.8 Å². The molecule has 6 nitrogen and oxygen atoms in total. The first kappa shape index (κ1) is 21.3. The molecular formula is C24H26N4O2S. The Morgan fingerprint density at radius 2 is 1.97 bits per heavy atom. The highest BCUT2D eigenvalue weighted by molar-refractivity contribution is 8.15. The molecule has 2 atom stereocenters. The Morgan fingerprint density at radius 1 is 1.19 bits per heavy atom. The topological polar surface area (TPSA) is 74.1 Å². The predicted octanol–water partition coefficient (Wildman–Crippen LogP) is 4.82. The van der Waals surface area contributed by atoms with Gasteiger partial charge in [0, 0.05) is 11.3 Å². The molecule has 0 unspecified atom stereocenters. The van der Waals surface area contributed by atoms with E-state index in [9.17, 15) is 9.59 Å². The van der Waals surface area contributed by atoms with E-state index in [2.05, 4.69) is 5.32 Å². The lowest BCUT2D eigenvalue weighted by molar-refractivity contribution is -0.124. The fraction of sp³-hybridized carbons (Fsp3) is 0.333. The molecule has 0 saturated heterocycles. The monoisotopic (exact) mass is 434 g/mol. The molecule has 2 amide bonds. The minimum Gasteiger partial charge on any atom is -0.325 e. The summed E-state index contributed by atoms with van der Waals surface area (Å²) in [5, 5.41) is 3.07. The lowest BCUT2D eigenvalue weighted by atomic mass is 10.1. The second-order valence-corrected chi connectivity index (χ2v) is 9.15. The maximum Gasteiger partial charge on any atom is 0.259 e. The van der Waals surface area contributed by atoms with Crippen molar-refractivity contribution < 1.29 is 9.59 Å². The van der Waals surface area contributed by atoms with Gasteiger partial charge in [-0.05, 0) is 56.5 Å². The molecular weight excluding hydrogens is 408 g/mol. The molecule has 2 heterocycles. The highest BCUT2D eigenvalue weighted by atomic mass is 32.2. The fourth-order valence-corrected chi connectivity index (χ4v) is 4.59. The number of aryl methyl sites for hydroxylation is 1. The third kappa shape index (κ3) is 4.02. The number of carbonyl (C=O) groups excluding carboxylic acids is 2. The van der Waals surface area contributed by atoms with Crippen molar-refractivity contribution in [3.05, 3.63) is 59.2 Å². The summed E-state index contributed by atoms with van der Waals surface area (Å²) in [5.41, 5.74) is 4.59. The quantitative estimate of drug-likeness (QED) is 0.733. The zero-order valence-corrected chi connectivity index (χ0v) is 19.0. The molecule has 2 aromatic rings. The van der Waals surface area contributed by atoms with Crippen LogP contribution in [-0.2, 0) is 9.59 Å². The number of amidine groups is 2. The largest absolute Gasteiger partial charge is 0.325 e. The number of amides is 2. The van der Waals surface area contributed by atoms with E-state index in [1.807, 2.05) is 70.2 Å². The standard InChI is InChI=1S/C24H26N4O2S/c1-5-9-20-23(30)28-21(25-20)17-11-6-7-12-19(17)27-24(28)31-16(4)22(29)26-18-13-8-10-14(2)15(18)3/h6-8,10-13,16,20H,5,9H2,1-4H3,(H,26,29)/t16-,20+/m0/s1. The van der Waals surface area contributed by atoms with Gasteiger partial charge in [-0.15, -0.1) is 0 Å². The number of aliphatic imine (C=N–C) groups is 2. The number of nitrogens with one attached hydrogen (secondary N) is 1. The number of anilines is 1. The van der Waals surface area contributed by atoms with Gasteiger partial charge in [0.2, 0.25) is 5.91 Å². The van der Waals surface area contributed by atoms with Gasteiger partial charge in [-0.3, -0.25) is 14.6 Å². The summed E-state index contributed by atoms with van der Waals surface area (Å²) in [6.45, 7) is 7.88. The summed E-state index contributed by atoms with van der Waals surface area (Å²) in [6.07, 6.45) is 1.57. The Kier molecular flexibility index (Phi) is 5.96. The van der Waals surface area contributed by atoms with Crippen molar-refractivity contribution in [2.75, 3.05) is 5.32 Å². The number of fused-ring (bicyclic) bond motifs is 3.